The molecule has 0 bridgehead atoms. The molecule has 1 atom stereocenters. The van der Waals surface area contributed by atoms with Crippen LogP contribution in [0.1, 0.15) is 24.4 Å². The van der Waals surface area contributed by atoms with Crippen LogP contribution in [0.4, 0.5) is 0 Å². The molecular weight excluding hydrogens is 283 g/mol. The van der Waals surface area contributed by atoms with Crippen molar-refractivity contribution in [2.24, 2.45) is 5.84 Å². The molecule has 0 amide bonds. The number of imidazole rings is 1. The van der Waals surface area contributed by atoms with Gasteiger partial charge in [0.25, 0.3) is 0 Å². The molecule has 2 rings (SSSR count). The molecular formula is C13H16Cl2N4. The van der Waals surface area contributed by atoms with Crippen LogP contribution in [0.3, 0.4) is 0 Å². The molecule has 0 aliphatic rings. The quantitative estimate of drug-likeness (QED) is 0.659. The van der Waals surface area contributed by atoms with Crippen molar-refractivity contribution in [2.45, 2.75) is 25.9 Å². The topological polar surface area (TPSA) is 55.9 Å². The number of hydrazine groups is 1. The number of hydrogen-bond acceptors (Lipinski definition) is 3. The van der Waals surface area contributed by atoms with Gasteiger partial charge in [0.05, 0.1) is 16.1 Å². The lowest BCUT2D eigenvalue weighted by Crippen LogP contribution is -2.31. The molecule has 1 aromatic heterocycles. The molecule has 3 N–H and O–H groups in total. The summed E-state index contributed by atoms with van der Waals surface area (Å²) in [5.74, 6) is 6.55. The van der Waals surface area contributed by atoms with Gasteiger partial charge in [-0.25, -0.2) is 10.4 Å². The number of halogens is 2. The van der Waals surface area contributed by atoms with Crippen LogP contribution in [0.25, 0.3) is 0 Å². The number of aryl methyl sites for hydroxylation is 1. The normalized spacial score (nSPS) is 12.6. The third-order valence-corrected chi connectivity index (χ3v) is 3.76. The van der Waals surface area contributed by atoms with Gasteiger partial charge in [0.15, 0.2) is 0 Å². The highest BCUT2D eigenvalue weighted by Gasteiger charge is 2.16. The fourth-order valence-corrected chi connectivity index (χ4v) is 2.35. The Morgan fingerprint density at radius 3 is 2.79 bits per heavy atom. The van der Waals surface area contributed by atoms with E-state index >= 15 is 0 Å². The fourth-order valence-electron chi connectivity index (χ4n) is 2.03. The van der Waals surface area contributed by atoms with Gasteiger partial charge in [0, 0.05) is 18.9 Å². The number of hydrogen-bond donors (Lipinski definition) is 2. The zero-order chi connectivity index (χ0) is 13.8. The van der Waals surface area contributed by atoms with E-state index < -0.39 is 0 Å². The second-order valence-corrected chi connectivity index (χ2v) is 5.06. The molecule has 2 aromatic rings. The Kier molecular flexibility index (Phi) is 4.82. The minimum Gasteiger partial charge on any atom is -0.334 e. The third kappa shape index (κ3) is 3.28. The first-order valence-electron chi connectivity index (χ1n) is 6.06. The minimum atomic E-state index is -0.0628. The summed E-state index contributed by atoms with van der Waals surface area (Å²) in [5.41, 5.74) is 3.86. The maximum atomic E-state index is 6.02. The zero-order valence-corrected chi connectivity index (χ0v) is 12.1. The highest BCUT2D eigenvalue weighted by Crippen LogP contribution is 2.25. The van der Waals surface area contributed by atoms with Gasteiger partial charge < -0.3 is 4.57 Å². The molecule has 4 nitrogen and oxygen atoms in total. The first-order chi connectivity index (χ1) is 9.15. The Balaban J connectivity index is 2.21. The summed E-state index contributed by atoms with van der Waals surface area (Å²) in [6, 6.07) is 5.52. The Morgan fingerprint density at radius 2 is 2.16 bits per heavy atom. The third-order valence-electron chi connectivity index (χ3n) is 3.03. The van der Waals surface area contributed by atoms with Crippen LogP contribution in [0, 0.1) is 0 Å². The molecule has 0 saturated carbocycles. The minimum absolute atomic E-state index is 0.0628. The van der Waals surface area contributed by atoms with Crippen molar-refractivity contribution in [3.05, 3.63) is 52.0 Å². The van der Waals surface area contributed by atoms with E-state index in [9.17, 15) is 0 Å². The van der Waals surface area contributed by atoms with Crippen molar-refractivity contribution in [2.75, 3.05) is 0 Å². The van der Waals surface area contributed by atoms with E-state index in [1.165, 1.54) is 0 Å². The Morgan fingerprint density at radius 1 is 1.37 bits per heavy atom. The second kappa shape index (κ2) is 6.39. The van der Waals surface area contributed by atoms with Gasteiger partial charge in [0.2, 0.25) is 0 Å². The van der Waals surface area contributed by atoms with Crippen LogP contribution in [0.5, 0.6) is 0 Å². The van der Waals surface area contributed by atoms with Gasteiger partial charge in [-0.2, -0.15) is 0 Å². The number of nitrogens with two attached hydrogens (primary N) is 1. The average molecular weight is 299 g/mol. The molecule has 0 radical (unpaired) electrons. The second-order valence-electron chi connectivity index (χ2n) is 4.24. The largest absolute Gasteiger partial charge is 0.334 e. The summed E-state index contributed by atoms with van der Waals surface area (Å²) >= 11 is 11.9. The van der Waals surface area contributed by atoms with Crippen molar-refractivity contribution in [1.29, 1.82) is 0 Å². The van der Waals surface area contributed by atoms with E-state index in [1.54, 1.807) is 12.3 Å². The van der Waals surface area contributed by atoms with Crippen LogP contribution in [0.15, 0.2) is 30.6 Å². The maximum Gasteiger partial charge on any atom is 0.127 e. The number of nitrogens with one attached hydrogen (secondary N) is 1. The molecule has 0 aliphatic heterocycles. The van der Waals surface area contributed by atoms with Gasteiger partial charge >= 0.3 is 0 Å². The van der Waals surface area contributed by atoms with Gasteiger partial charge in [-0.3, -0.25) is 5.84 Å². The van der Waals surface area contributed by atoms with E-state index in [-0.39, 0.29) is 6.04 Å². The Hall–Kier alpha value is -1.07. The lowest BCUT2D eigenvalue weighted by Gasteiger charge is -2.17. The summed E-state index contributed by atoms with van der Waals surface area (Å²) in [6.45, 7) is 2.92. The van der Waals surface area contributed by atoms with Crippen LogP contribution in [-0.4, -0.2) is 9.55 Å². The van der Waals surface area contributed by atoms with E-state index in [4.69, 9.17) is 29.0 Å². The SMILES string of the molecule is CCn1ccnc1C(Cc1ccc(Cl)c(Cl)c1)NN. The molecule has 0 fully saturated rings. The van der Waals surface area contributed by atoms with Crippen LogP contribution in [-0.2, 0) is 13.0 Å². The molecule has 1 aromatic carbocycles. The van der Waals surface area contributed by atoms with Crippen LogP contribution < -0.4 is 11.3 Å². The van der Waals surface area contributed by atoms with Crippen molar-refractivity contribution < 1.29 is 0 Å². The maximum absolute atomic E-state index is 6.02. The van der Waals surface area contributed by atoms with Gasteiger partial charge in [-0.1, -0.05) is 29.3 Å². The Labute approximate surface area is 122 Å². The summed E-state index contributed by atoms with van der Waals surface area (Å²) in [4.78, 5) is 4.36. The number of benzene rings is 1. The monoisotopic (exact) mass is 298 g/mol. The highest BCUT2D eigenvalue weighted by atomic mass is 35.5. The van der Waals surface area contributed by atoms with E-state index in [2.05, 4.69) is 21.9 Å². The predicted molar refractivity (Wildman–Crippen MR) is 78.1 cm³/mol. The number of rotatable bonds is 5. The van der Waals surface area contributed by atoms with Gasteiger partial charge in [-0.15, -0.1) is 0 Å². The number of aromatic nitrogens is 2. The smallest absolute Gasteiger partial charge is 0.127 e. The lowest BCUT2D eigenvalue weighted by molar-refractivity contribution is 0.496. The lowest BCUT2D eigenvalue weighted by atomic mass is 10.1. The van der Waals surface area contributed by atoms with Gasteiger partial charge in [-0.05, 0) is 31.0 Å². The first-order valence-corrected chi connectivity index (χ1v) is 6.82. The van der Waals surface area contributed by atoms with E-state index in [0.717, 1.165) is 17.9 Å². The molecule has 19 heavy (non-hydrogen) atoms. The van der Waals surface area contributed by atoms with Crippen LogP contribution >= 0.6 is 23.2 Å². The summed E-state index contributed by atoms with van der Waals surface area (Å²) < 4.78 is 2.06. The molecule has 0 aliphatic carbocycles. The molecule has 1 unspecified atom stereocenters. The first kappa shape index (κ1) is 14.3. The highest BCUT2D eigenvalue weighted by molar-refractivity contribution is 6.42. The predicted octanol–water partition coefficient (Wildman–Crippen LogP) is 2.96. The standard InChI is InChI=1S/C13H16Cl2N4/c1-2-19-6-5-17-13(19)12(18-16)8-9-3-4-10(14)11(15)7-9/h3-7,12,18H,2,8,16H2,1H3. The van der Waals surface area contributed by atoms with Crippen molar-refractivity contribution in [1.82, 2.24) is 15.0 Å². The van der Waals surface area contributed by atoms with E-state index in [0.29, 0.717) is 16.5 Å². The molecule has 102 valence electrons. The molecule has 0 spiro atoms. The fraction of sp³-hybridized carbons (Fsp3) is 0.308. The summed E-state index contributed by atoms with van der Waals surface area (Å²) in [6.07, 6.45) is 4.41. The van der Waals surface area contributed by atoms with Crippen molar-refractivity contribution >= 4 is 23.2 Å². The molecule has 0 saturated heterocycles. The number of nitrogens with zero attached hydrogens (tertiary/aromatic N) is 2. The summed E-state index contributed by atoms with van der Waals surface area (Å²) in [5, 5.41) is 1.10. The van der Waals surface area contributed by atoms with Crippen molar-refractivity contribution in [3.8, 4) is 0 Å². The average Bonchev–Trinajstić information content (AvgIpc) is 2.88. The Bertz CT molecular complexity index is 553. The van der Waals surface area contributed by atoms with Crippen LogP contribution in [0.2, 0.25) is 10.0 Å². The van der Waals surface area contributed by atoms with E-state index in [1.807, 2.05) is 18.3 Å². The molecule has 1 heterocycles. The molecule has 6 heteroatoms. The van der Waals surface area contributed by atoms with Crippen molar-refractivity contribution in [3.63, 3.8) is 0 Å². The summed E-state index contributed by atoms with van der Waals surface area (Å²) in [7, 11) is 0. The zero-order valence-electron chi connectivity index (χ0n) is 10.6. The van der Waals surface area contributed by atoms with Gasteiger partial charge in [0.1, 0.15) is 5.82 Å².